The highest BCUT2D eigenvalue weighted by molar-refractivity contribution is 7.10. The molecule has 0 aliphatic carbocycles. The fourth-order valence-corrected chi connectivity index (χ4v) is 3.00. The smallest absolute Gasteiger partial charge is 0.229 e. The molecule has 1 aromatic carbocycles. The summed E-state index contributed by atoms with van der Waals surface area (Å²) in [6.45, 7) is 4.25. The van der Waals surface area contributed by atoms with E-state index in [0.29, 0.717) is 12.5 Å². The highest BCUT2D eigenvalue weighted by Gasteiger charge is 2.08. The Morgan fingerprint density at radius 3 is 2.95 bits per heavy atom. The minimum absolute atomic E-state index is 0.0000854. The molecule has 0 bridgehead atoms. The number of imidazole rings is 1. The van der Waals surface area contributed by atoms with Crippen molar-refractivity contribution in [3.8, 4) is 0 Å². The third-order valence-electron chi connectivity index (χ3n) is 3.33. The molecule has 2 heterocycles. The van der Waals surface area contributed by atoms with Crippen LogP contribution in [0, 0.1) is 0 Å². The second kappa shape index (κ2) is 5.69. The van der Waals surface area contributed by atoms with Crippen molar-refractivity contribution in [2.24, 2.45) is 0 Å². The van der Waals surface area contributed by atoms with E-state index in [9.17, 15) is 4.79 Å². The number of carbonyl (C=O) groups is 1. The van der Waals surface area contributed by atoms with E-state index < -0.39 is 0 Å². The van der Waals surface area contributed by atoms with Crippen LogP contribution in [0.4, 0.5) is 5.69 Å². The second-order valence-electron chi connectivity index (χ2n) is 5.25. The first kappa shape index (κ1) is 13.8. The molecule has 1 amide bonds. The van der Waals surface area contributed by atoms with Crippen molar-refractivity contribution >= 4 is 34.0 Å². The Balaban J connectivity index is 1.77. The SMILES string of the molecule is CC(C)n1cnc2cc(NC(=O)Cc3cccs3)ccc21. The maximum atomic E-state index is 12.0. The van der Waals surface area contributed by atoms with Crippen molar-refractivity contribution in [3.05, 3.63) is 46.9 Å². The van der Waals surface area contributed by atoms with Gasteiger partial charge in [-0.1, -0.05) is 6.07 Å². The summed E-state index contributed by atoms with van der Waals surface area (Å²) in [5.41, 5.74) is 2.77. The fourth-order valence-electron chi connectivity index (χ4n) is 2.30. The number of hydrogen-bond acceptors (Lipinski definition) is 3. The molecule has 2 aromatic heterocycles. The monoisotopic (exact) mass is 299 g/mol. The summed E-state index contributed by atoms with van der Waals surface area (Å²) in [6, 6.07) is 10.1. The van der Waals surface area contributed by atoms with Crippen molar-refractivity contribution in [1.29, 1.82) is 0 Å². The Hall–Kier alpha value is -2.14. The van der Waals surface area contributed by atoms with Gasteiger partial charge in [0, 0.05) is 16.6 Å². The number of benzene rings is 1. The Kier molecular flexibility index (Phi) is 3.75. The Labute approximate surface area is 127 Å². The molecule has 5 heteroatoms. The average Bonchev–Trinajstić information content (AvgIpc) is 3.06. The van der Waals surface area contributed by atoms with E-state index in [1.807, 2.05) is 42.0 Å². The van der Waals surface area contributed by atoms with E-state index in [2.05, 4.69) is 28.7 Å². The minimum atomic E-state index is 0.0000854. The molecule has 0 fully saturated rings. The highest BCUT2D eigenvalue weighted by Crippen LogP contribution is 2.21. The Bertz CT molecular complexity index is 759. The molecule has 0 radical (unpaired) electrons. The second-order valence-corrected chi connectivity index (χ2v) is 6.29. The van der Waals surface area contributed by atoms with Crippen LogP contribution in [0.5, 0.6) is 0 Å². The zero-order valence-corrected chi connectivity index (χ0v) is 12.9. The van der Waals surface area contributed by atoms with Crippen molar-refractivity contribution in [2.45, 2.75) is 26.3 Å². The van der Waals surface area contributed by atoms with Gasteiger partial charge < -0.3 is 9.88 Å². The van der Waals surface area contributed by atoms with Gasteiger partial charge in [-0.2, -0.15) is 0 Å². The maximum Gasteiger partial charge on any atom is 0.229 e. The van der Waals surface area contributed by atoms with Gasteiger partial charge in [-0.25, -0.2) is 4.98 Å². The fraction of sp³-hybridized carbons (Fsp3) is 0.250. The van der Waals surface area contributed by atoms with Gasteiger partial charge in [-0.15, -0.1) is 11.3 Å². The van der Waals surface area contributed by atoms with Gasteiger partial charge in [0.15, 0.2) is 0 Å². The largest absolute Gasteiger partial charge is 0.328 e. The van der Waals surface area contributed by atoms with E-state index in [4.69, 9.17) is 0 Å². The number of thiophene rings is 1. The summed E-state index contributed by atoms with van der Waals surface area (Å²) in [7, 11) is 0. The predicted octanol–water partition coefficient (Wildman–Crippen LogP) is 3.86. The third-order valence-corrected chi connectivity index (χ3v) is 4.21. The van der Waals surface area contributed by atoms with Gasteiger partial charge in [0.2, 0.25) is 5.91 Å². The van der Waals surface area contributed by atoms with Crippen LogP contribution in [-0.4, -0.2) is 15.5 Å². The quantitative estimate of drug-likeness (QED) is 0.795. The number of nitrogens with zero attached hydrogens (tertiary/aromatic N) is 2. The summed E-state index contributed by atoms with van der Waals surface area (Å²) in [5, 5.41) is 4.91. The predicted molar refractivity (Wildman–Crippen MR) is 86.8 cm³/mol. The van der Waals surface area contributed by atoms with Gasteiger partial charge in [0.05, 0.1) is 23.8 Å². The van der Waals surface area contributed by atoms with Crippen LogP contribution in [0.15, 0.2) is 42.0 Å². The molecule has 3 rings (SSSR count). The molecule has 0 unspecified atom stereocenters. The first-order chi connectivity index (χ1) is 10.1. The van der Waals surface area contributed by atoms with Gasteiger partial charge in [0.25, 0.3) is 0 Å². The summed E-state index contributed by atoms with van der Waals surface area (Å²) < 4.78 is 2.12. The highest BCUT2D eigenvalue weighted by atomic mass is 32.1. The van der Waals surface area contributed by atoms with E-state index in [1.54, 1.807) is 11.3 Å². The van der Waals surface area contributed by atoms with Crippen LogP contribution >= 0.6 is 11.3 Å². The normalized spacial score (nSPS) is 11.2. The van der Waals surface area contributed by atoms with E-state index in [0.717, 1.165) is 21.6 Å². The Morgan fingerprint density at radius 2 is 2.24 bits per heavy atom. The number of anilines is 1. The molecule has 0 aliphatic heterocycles. The van der Waals surface area contributed by atoms with Crippen LogP contribution in [0.25, 0.3) is 11.0 Å². The van der Waals surface area contributed by atoms with E-state index >= 15 is 0 Å². The number of nitrogens with one attached hydrogen (secondary N) is 1. The number of fused-ring (bicyclic) bond motifs is 1. The molecule has 0 aliphatic rings. The number of rotatable bonds is 4. The number of hydrogen-bond donors (Lipinski definition) is 1. The lowest BCUT2D eigenvalue weighted by Crippen LogP contribution is -2.13. The average molecular weight is 299 g/mol. The van der Waals surface area contributed by atoms with Crippen molar-refractivity contribution in [1.82, 2.24) is 9.55 Å². The van der Waals surface area contributed by atoms with Crippen LogP contribution in [0.1, 0.15) is 24.8 Å². The van der Waals surface area contributed by atoms with Crippen LogP contribution < -0.4 is 5.32 Å². The molecule has 0 spiro atoms. The van der Waals surface area contributed by atoms with E-state index in [-0.39, 0.29) is 5.91 Å². The standard InChI is InChI=1S/C16H17N3OS/c1-11(2)19-10-17-14-8-12(5-6-15(14)19)18-16(20)9-13-4-3-7-21-13/h3-8,10-11H,9H2,1-2H3,(H,18,20). The zero-order valence-electron chi connectivity index (χ0n) is 12.0. The van der Waals surface area contributed by atoms with Crippen LogP contribution in [-0.2, 0) is 11.2 Å². The molecular weight excluding hydrogens is 282 g/mol. The molecule has 108 valence electrons. The maximum absolute atomic E-state index is 12.0. The molecule has 0 saturated heterocycles. The van der Waals surface area contributed by atoms with E-state index in [1.165, 1.54) is 0 Å². The third kappa shape index (κ3) is 2.97. The van der Waals surface area contributed by atoms with Crippen molar-refractivity contribution in [2.75, 3.05) is 5.32 Å². The number of aromatic nitrogens is 2. The lowest BCUT2D eigenvalue weighted by Gasteiger charge is -2.08. The molecule has 4 nitrogen and oxygen atoms in total. The lowest BCUT2D eigenvalue weighted by molar-refractivity contribution is -0.115. The summed E-state index contributed by atoms with van der Waals surface area (Å²) in [6.07, 6.45) is 2.25. The molecule has 0 atom stereocenters. The summed E-state index contributed by atoms with van der Waals surface area (Å²) in [5.74, 6) is 0.0000854. The topological polar surface area (TPSA) is 46.9 Å². The molecule has 1 N–H and O–H groups in total. The zero-order chi connectivity index (χ0) is 14.8. The van der Waals surface area contributed by atoms with Gasteiger partial charge >= 0.3 is 0 Å². The van der Waals surface area contributed by atoms with Crippen LogP contribution in [0.2, 0.25) is 0 Å². The lowest BCUT2D eigenvalue weighted by atomic mass is 10.2. The van der Waals surface area contributed by atoms with Gasteiger partial charge in [-0.05, 0) is 43.5 Å². The van der Waals surface area contributed by atoms with Crippen LogP contribution in [0.3, 0.4) is 0 Å². The summed E-state index contributed by atoms with van der Waals surface area (Å²) in [4.78, 5) is 17.5. The Morgan fingerprint density at radius 1 is 1.38 bits per heavy atom. The summed E-state index contributed by atoms with van der Waals surface area (Å²) >= 11 is 1.59. The van der Waals surface area contributed by atoms with Gasteiger partial charge in [-0.3, -0.25) is 4.79 Å². The first-order valence-corrected chi connectivity index (χ1v) is 7.80. The number of carbonyl (C=O) groups excluding carboxylic acids is 1. The van der Waals surface area contributed by atoms with Crippen molar-refractivity contribution < 1.29 is 4.79 Å². The molecule has 21 heavy (non-hydrogen) atoms. The first-order valence-electron chi connectivity index (χ1n) is 6.92. The van der Waals surface area contributed by atoms with Gasteiger partial charge in [0.1, 0.15) is 0 Å². The molecule has 3 aromatic rings. The molecule has 0 saturated carbocycles. The number of amides is 1. The minimum Gasteiger partial charge on any atom is -0.328 e. The van der Waals surface area contributed by atoms with Crippen molar-refractivity contribution in [3.63, 3.8) is 0 Å². The molecular formula is C16H17N3OS.